The van der Waals surface area contributed by atoms with Crippen LogP contribution in [0.3, 0.4) is 0 Å². The first kappa shape index (κ1) is 20.4. The maximum atomic E-state index is 11.2. The zero-order valence-electron chi connectivity index (χ0n) is 16.5. The van der Waals surface area contributed by atoms with Gasteiger partial charge in [-0.3, -0.25) is 9.69 Å². The van der Waals surface area contributed by atoms with Crippen molar-refractivity contribution in [2.24, 2.45) is 0 Å². The first-order chi connectivity index (χ1) is 14.1. The molecule has 4 rings (SSSR count). The van der Waals surface area contributed by atoms with Crippen molar-refractivity contribution in [1.29, 1.82) is 0 Å². The Kier molecular flexibility index (Phi) is 6.54. The standard InChI is InChI=1S/C25H25Cl2NO/c26-23-11-9-20(10-12-23)24-4-2-1-3-22(24)17-28-15-13-19(14-16-28)18-5-7-21(8-6-18)25(27)29/h5-13H,1-4,14-17H2. The Morgan fingerprint density at radius 1 is 0.897 bits per heavy atom. The number of rotatable bonds is 5. The van der Waals surface area contributed by atoms with Crippen LogP contribution in [-0.2, 0) is 0 Å². The molecular formula is C25H25Cl2NO. The molecule has 1 aliphatic heterocycles. The van der Waals surface area contributed by atoms with E-state index in [-0.39, 0.29) is 0 Å². The molecular weight excluding hydrogens is 401 g/mol. The van der Waals surface area contributed by atoms with E-state index >= 15 is 0 Å². The van der Waals surface area contributed by atoms with Crippen molar-refractivity contribution in [3.8, 4) is 0 Å². The third-order valence-corrected chi connectivity index (χ3v) is 6.44. The summed E-state index contributed by atoms with van der Waals surface area (Å²) in [6, 6.07) is 15.9. The Bertz CT molecular complexity index is 942. The molecule has 0 atom stereocenters. The smallest absolute Gasteiger partial charge is 0.252 e. The maximum absolute atomic E-state index is 11.2. The molecule has 2 aliphatic rings. The van der Waals surface area contributed by atoms with Gasteiger partial charge in [0, 0.05) is 30.2 Å². The summed E-state index contributed by atoms with van der Waals surface area (Å²) in [7, 11) is 0. The predicted octanol–water partition coefficient (Wildman–Crippen LogP) is 6.84. The summed E-state index contributed by atoms with van der Waals surface area (Å²) in [6.45, 7) is 3.06. The molecule has 29 heavy (non-hydrogen) atoms. The van der Waals surface area contributed by atoms with Gasteiger partial charge in [0.25, 0.3) is 5.24 Å². The fraction of sp³-hybridized carbons (Fsp3) is 0.320. The van der Waals surface area contributed by atoms with Crippen LogP contribution in [0.15, 0.2) is 60.2 Å². The van der Waals surface area contributed by atoms with E-state index in [0.29, 0.717) is 5.56 Å². The molecule has 0 aromatic heterocycles. The van der Waals surface area contributed by atoms with Gasteiger partial charge in [-0.15, -0.1) is 0 Å². The molecule has 0 N–H and O–H groups in total. The highest BCUT2D eigenvalue weighted by Gasteiger charge is 2.19. The number of nitrogens with zero attached hydrogens (tertiary/aromatic N) is 1. The Balaban J connectivity index is 1.46. The second-order valence-corrected chi connectivity index (χ2v) is 8.64. The fourth-order valence-corrected chi connectivity index (χ4v) is 4.60. The lowest BCUT2D eigenvalue weighted by Crippen LogP contribution is -2.31. The molecule has 0 radical (unpaired) electrons. The average molecular weight is 426 g/mol. The van der Waals surface area contributed by atoms with Gasteiger partial charge in [0.15, 0.2) is 0 Å². The van der Waals surface area contributed by atoms with Crippen LogP contribution in [0.2, 0.25) is 5.02 Å². The average Bonchev–Trinajstić information content (AvgIpc) is 2.75. The molecule has 0 amide bonds. The highest BCUT2D eigenvalue weighted by atomic mass is 35.5. The van der Waals surface area contributed by atoms with Gasteiger partial charge >= 0.3 is 0 Å². The third-order valence-electron chi connectivity index (χ3n) is 5.97. The van der Waals surface area contributed by atoms with Crippen LogP contribution in [0.1, 0.15) is 53.6 Å². The lowest BCUT2D eigenvalue weighted by atomic mass is 9.87. The van der Waals surface area contributed by atoms with Crippen LogP contribution in [0.4, 0.5) is 0 Å². The van der Waals surface area contributed by atoms with Crippen molar-refractivity contribution in [3.05, 3.63) is 81.9 Å². The third kappa shape index (κ3) is 5.01. The van der Waals surface area contributed by atoms with Gasteiger partial charge in [0.1, 0.15) is 0 Å². The molecule has 2 nitrogen and oxygen atoms in total. The molecule has 1 aliphatic carbocycles. The SMILES string of the molecule is O=C(Cl)c1ccc(C2=CCN(CC3=C(c4ccc(Cl)cc4)CCCC3)CC2)cc1. The van der Waals surface area contributed by atoms with Crippen molar-refractivity contribution in [1.82, 2.24) is 4.90 Å². The van der Waals surface area contributed by atoms with Crippen molar-refractivity contribution in [3.63, 3.8) is 0 Å². The predicted molar refractivity (Wildman–Crippen MR) is 122 cm³/mol. The van der Waals surface area contributed by atoms with Crippen LogP contribution in [0.25, 0.3) is 11.1 Å². The Morgan fingerprint density at radius 2 is 1.59 bits per heavy atom. The van der Waals surface area contributed by atoms with Crippen molar-refractivity contribution >= 4 is 39.6 Å². The number of allylic oxidation sites excluding steroid dienone is 1. The molecule has 1 heterocycles. The van der Waals surface area contributed by atoms with Crippen molar-refractivity contribution in [2.45, 2.75) is 32.1 Å². The second-order valence-electron chi connectivity index (χ2n) is 7.86. The Labute approximate surface area is 182 Å². The molecule has 2 aromatic rings. The molecule has 0 spiro atoms. The van der Waals surface area contributed by atoms with Crippen LogP contribution >= 0.6 is 23.2 Å². The van der Waals surface area contributed by atoms with E-state index in [0.717, 1.165) is 37.5 Å². The van der Waals surface area contributed by atoms with E-state index < -0.39 is 5.24 Å². The molecule has 150 valence electrons. The van der Waals surface area contributed by atoms with E-state index in [1.807, 2.05) is 36.4 Å². The van der Waals surface area contributed by atoms with Gasteiger partial charge in [0.2, 0.25) is 0 Å². The van der Waals surface area contributed by atoms with Crippen molar-refractivity contribution in [2.75, 3.05) is 19.6 Å². The minimum Gasteiger partial charge on any atom is -0.295 e. The number of hydrogen-bond acceptors (Lipinski definition) is 2. The quantitative estimate of drug-likeness (QED) is 0.488. The van der Waals surface area contributed by atoms with Gasteiger partial charge in [-0.05, 0) is 90.2 Å². The minimum absolute atomic E-state index is 0.405. The van der Waals surface area contributed by atoms with Crippen LogP contribution in [-0.4, -0.2) is 29.8 Å². The molecule has 2 aromatic carbocycles. The minimum atomic E-state index is -0.405. The number of carbonyl (C=O) groups excluding carboxylic acids is 1. The van der Waals surface area contributed by atoms with E-state index in [9.17, 15) is 4.79 Å². The van der Waals surface area contributed by atoms with Crippen LogP contribution < -0.4 is 0 Å². The highest BCUT2D eigenvalue weighted by molar-refractivity contribution is 6.67. The van der Waals surface area contributed by atoms with Crippen LogP contribution in [0.5, 0.6) is 0 Å². The number of benzene rings is 2. The summed E-state index contributed by atoms with van der Waals surface area (Å²) >= 11 is 11.6. The first-order valence-corrected chi connectivity index (χ1v) is 11.0. The van der Waals surface area contributed by atoms with Crippen LogP contribution in [0, 0.1) is 0 Å². The van der Waals surface area contributed by atoms with E-state index in [1.165, 1.54) is 41.5 Å². The largest absolute Gasteiger partial charge is 0.295 e. The molecule has 0 saturated heterocycles. The molecule has 0 bridgehead atoms. The van der Waals surface area contributed by atoms with E-state index in [2.05, 4.69) is 23.1 Å². The fourth-order valence-electron chi connectivity index (χ4n) is 4.34. The molecule has 0 saturated carbocycles. The summed E-state index contributed by atoms with van der Waals surface area (Å²) in [6.07, 6.45) is 8.26. The number of carbonyl (C=O) groups is 1. The topological polar surface area (TPSA) is 20.3 Å². The Morgan fingerprint density at radius 3 is 2.24 bits per heavy atom. The lowest BCUT2D eigenvalue weighted by Gasteiger charge is -2.30. The summed E-state index contributed by atoms with van der Waals surface area (Å²) in [5.41, 5.74) is 7.51. The summed E-state index contributed by atoms with van der Waals surface area (Å²) in [5, 5.41) is 0.390. The molecule has 0 unspecified atom stereocenters. The normalized spacial score (nSPS) is 17.9. The second kappa shape index (κ2) is 9.30. The zero-order chi connectivity index (χ0) is 20.2. The van der Waals surface area contributed by atoms with Gasteiger partial charge < -0.3 is 0 Å². The first-order valence-electron chi connectivity index (χ1n) is 10.3. The highest BCUT2D eigenvalue weighted by Crippen LogP contribution is 2.34. The summed E-state index contributed by atoms with van der Waals surface area (Å²) < 4.78 is 0. The number of halogens is 2. The summed E-state index contributed by atoms with van der Waals surface area (Å²) in [5.74, 6) is 0. The van der Waals surface area contributed by atoms with Gasteiger partial charge in [-0.25, -0.2) is 0 Å². The molecule has 4 heteroatoms. The zero-order valence-corrected chi connectivity index (χ0v) is 18.0. The Hall–Kier alpha value is -1.87. The van der Waals surface area contributed by atoms with Gasteiger partial charge in [0.05, 0.1) is 0 Å². The van der Waals surface area contributed by atoms with Gasteiger partial charge in [-0.1, -0.05) is 47.5 Å². The lowest BCUT2D eigenvalue weighted by molar-refractivity contribution is 0.108. The van der Waals surface area contributed by atoms with E-state index in [4.69, 9.17) is 23.2 Å². The van der Waals surface area contributed by atoms with Gasteiger partial charge in [-0.2, -0.15) is 0 Å². The maximum Gasteiger partial charge on any atom is 0.252 e. The van der Waals surface area contributed by atoms with Crippen molar-refractivity contribution < 1.29 is 4.79 Å². The van der Waals surface area contributed by atoms with E-state index in [1.54, 1.807) is 5.57 Å². The monoisotopic (exact) mass is 425 g/mol. The number of hydrogen-bond donors (Lipinski definition) is 0. The molecule has 0 fully saturated rings. The summed E-state index contributed by atoms with van der Waals surface area (Å²) in [4.78, 5) is 13.8.